The van der Waals surface area contributed by atoms with Crippen LogP contribution in [0.2, 0.25) is 0 Å². The largest absolute Gasteiger partial charge is 0.489 e. The number of ether oxygens (including phenoxy) is 2. The predicted molar refractivity (Wildman–Crippen MR) is 108 cm³/mol. The van der Waals surface area contributed by atoms with Gasteiger partial charge in [0.15, 0.2) is 0 Å². The molecule has 2 aromatic rings. The van der Waals surface area contributed by atoms with Crippen LogP contribution >= 0.6 is 0 Å². The number of para-hydroxylation sites is 1. The first-order valence-electron chi connectivity index (χ1n) is 9.31. The van der Waals surface area contributed by atoms with Crippen molar-refractivity contribution in [2.24, 2.45) is 11.7 Å². The second-order valence-corrected chi connectivity index (χ2v) is 6.99. The lowest BCUT2D eigenvalue weighted by Crippen LogP contribution is -2.54. The van der Waals surface area contributed by atoms with Crippen LogP contribution in [0.1, 0.15) is 26.3 Å². The van der Waals surface area contributed by atoms with Gasteiger partial charge in [0.1, 0.15) is 23.6 Å². The minimum absolute atomic E-state index is 0.0947. The first kappa shape index (κ1) is 21.8. The molecule has 7 heteroatoms. The topological polar surface area (TPSA) is 106 Å². The van der Waals surface area contributed by atoms with E-state index in [9.17, 15) is 9.59 Å². The third-order valence-electron chi connectivity index (χ3n) is 4.22. The Morgan fingerprint density at radius 2 is 1.66 bits per heavy atom. The second-order valence-electron chi connectivity index (χ2n) is 6.99. The molecule has 0 heterocycles. The molecule has 0 aromatic heterocycles. The van der Waals surface area contributed by atoms with Crippen LogP contribution in [0.15, 0.2) is 54.6 Å². The number of nitriles is 1. The number of carbonyl (C=O) groups excluding carboxylic acids is 2. The molecule has 2 amide bonds. The van der Waals surface area contributed by atoms with E-state index < -0.39 is 24.1 Å². The summed E-state index contributed by atoms with van der Waals surface area (Å²) < 4.78 is 11.3. The minimum Gasteiger partial charge on any atom is -0.489 e. The van der Waals surface area contributed by atoms with Crippen molar-refractivity contribution in [3.05, 3.63) is 60.2 Å². The van der Waals surface area contributed by atoms with Gasteiger partial charge in [-0.15, -0.1) is 0 Å². The number of nitrogens with two attached hydrogens (primary N) is 1. The number of carbonyl (C=O) groups is 2. The van der Waals surface area contributed by atoms with Crippen LogP contribution in [-0.2, 0) is 4.79 Å². The highest BCUT2D eigenvalue weighted by Gasteiger charge is 2.33. The van der Waals surface area contributed by atoms with Crippen molar-refractivity contribution in [2.45, 2.75) is 32.9 Å². The maximum Gasteiger partial charge on any atom is 0.416 e. The zero-order chi connectivity index (χ0) is 21.4. The van der Waals surface area contributed by atoms with Crippen LogP contribution in [0.4, 0.5) is 4.79 Å². The SMILES string of the molecule is CC(CN(C(=O)Oc1ccccc1)[C@H](C(N)=O)C(C)C)Oc1ccc(C#N)cc1. The van der Waals surface area contributed by atoms with Gasteiger partial charge in [0.2, 0.25) is 5.91 Å². The lowest BCUT2D eigenvalue weighted by molar-refractivity contribution is -0.124. The first-order valence-corrected chi connectivity index (χ1v) is 9.31. The summed E-state index contributed by atoms with van der Waals surface area (Å²) in [6.45, 7) is 5.49. The molecule has 0 spiro atoms. The number of nitrogens with zero attached hydrogens (tertiary/aromatic N) is 2. The van der Waals surface area contributed by atoms with Crippen LogP contribution < -0.4 is 15.2 Å². The third kappa shape index (κ3) is 6.25. The molecule has 0 saturated carbocycles. The first-order chi connectivity index (χ1) is 13.8. The molecule has 0 aliphatic carbocycles. The Morgan fingerprint density at radius 3 is 2.17 bits per heavy atom. The highest BCUT2D eigenvalue weighted by molar-refractivity contribution is 5.85. The molecule has 0 radical (unpaired) electrons. The Kier molecular flexibility index (Phi) is 7.61. The number of rotatable bonds is 8. The molecule has 0 aliphatic heterocycles. The number of benzene rings is 2. The van der Waals surface area contributed by atoms with Gasteiger partial charge in [0.25, 0.3) is 0 Å². The summed E-state index contributed by atoms with van der Waals surface area (Å²) in [7, 11) is 0. The van der Waals surface area contributed by atoms with Crippen LogP contribution in [0, 0.1) is 17.2 Å². The van der Waals surface area contributed by atoms with Crippen LogP contribution in [0.3, 0.4) is 0 Å². The fraction of sp³-hybridized carbons (Fsp3) is 0.318. The summed E-state index contributed by atoms with van der Waals surface area (Å²) in [5.74, 6) is 0.0942. The smallest absolute Gasteiger partial charge is 0.416 e. The second kappa shape index (κ2) is 10.1. The third-order valence-corrected chi connectivity index (χ3v) is 4.22. The quantitative estimate of drug-likeness (QED) is 0.738. The van der Waals surface area contributed by atoms with E-state index in [1.54, 1.807) is 55.5 Å². The molecule has 2 atom stereocenters. The Bertz CT molecular complexity index is 860. The van der Waals surface area contributed by atoms with Gasteiger partial charge in [0.05, 0.1) is 18.2 Å². The minimum atomic E-state index is -0.849. The van der Waals surface area contributed by atoms with Gasteiger partial charge < -0.3 is 15.2 Å². The predicted octanol–water partition coefficient (Wildman–Crippen LogP) is 3.34. The molecule has 152 valence electrons. The summed E-state index contributed by atoms with van der Waals surface area (Å²) >= 11 is 0. The van der Waals surface area contributed by atoms with E-state index in [-0.39, 0.29) is 12.5 Å². The van der Waals surface area contributed by atoms with E-state index in [2.05, 4.69) is 0 Å². The van der Waals surface area contributed by atoms with Gasteiger partial charge in [-0.2, -0.15) is 5.26 Å². The molecule has 2 aromatic carbocycles. The lowest BCUT2D eigenvalue weighted by atomic mass is 10.0. The van der Waals surface area contributed by atoms with E-state index in [0.717, 1.165) is 0 Å². The van der Waals surface area contributed by atoms with Gasteiger partial charge in [-0.25, -0.2) is 4.79 Å². The van der Waals surface area contributed by atoms with Crippen molar-refractivity contribution in [3.8, 4) is 17.6 Å². The highest BCUT2D eigenvalue weighted by Crippen LogP contribution is 2.19. The van der Waals surface area contributed by atoms with E-state index in [4.69, 9.17) is 20.5 Å². The average molecular weight is 395 g/mol. The molecule has 29 heavy (non-hydrogen) atoms. The average Bonchev–Trinajstić information content (AvgIpc) is 2.68. The fourth-order valence-electron chi connectivity index (χ4n) is 2.95. The van der Waals surface area contributed by atoms with Crippen molar-refractivity contribution in [1.82, 2.24) is 4.90 Å². The van der Waals surface area contributed by atoms with Crippen molar-refractivity contribution >= 4 is 12.0 Å². The number of hydrogen-bond acceptors (Lipinski definition) is 5. The van der Waals surface area contributed by atoms with Gasteiger partial charge >= 0.3 is 6.09 Å². The molecule has 2 rings (SSSR count). The van der Waals surface area contributed by atoms with E-state index in [0.29, 0.717) is 17.1 Å². The normalized spacial score (nSPS) is 12.5. The standard InChI is InChI=1S/C22H25N3O4/c1-15(2)20(21(24)26)25(22(27)29-18-7-5-4-6-8-18)14-16(3)28-19-11-9-17(13-23)10-12-19/h4-12,15-16,20H,14H2,1-3H3,(H2,24,26)/t16?,20-/m0/s1. The molecular formula is C22H25N3O4. The van der Waals surface area contributed by atoms with E-state index >= 15 is 0 Å². The zero-order valence-electron chi connectivity index (χ0n) is 16.7. The molecule has 0 saturated heterocycles. The van der Waals surface area contributed by atoms with Crippen LogP contribution in [0.25, 0.3) is 0 Å². The van der Waals surface area contributed by atoms with Crippen molar-refractivity contribution in [1.29, 1.82) is 5.26 Å². The Morgan fingerprint density at radius 1 is 1.03 bits per heavy atom. The van der Waals surface area contributed by atoms with Crippen molar-refractivity contribution in [2.75, 3.05) is 6.54 Å². The maximum absolute atomic E-state index is 12.8. The molecule has 0 aliphatic rings. The number of hydrogen-bond donors (Lipinski definition) is 1. The molecule has 7 nitrogen and oxygen atoms in total. The molecule has 0 bridgehead atoms. The number of primary amides is 1. The lowest BCUT2D eigenvalue weighted by Gasteiger charge is -2.33. The van der Waals surface area contributed by atoms with E-state index in [1.807, 2.05) is 26.0 Å². The Labute approximate surface area is 170 Å². The Hall–Kier alpha value is -3.53. The monoisotopic (exact) mass is 395 g/mol. The molecule has 1 unspecified atom stereocenters. The van der Waals surface area contributed by atoms with Gasteiger partial charge in [-0.05, 0) is 49.2 Å². The fourth-order valence-corrected chi connectivity index (χ4v) is 2.95. The van der Waals surface area contributed by atoms with Gasteiger partial charge in [0, 0.05) is 0 Å². The summed E-state index contributed by atoms with van der Waals surface area (Å²) in [4.78, 5) is 26.2. The summed E-state index contributed by atoms with van der Waals surface area (Å²) in [6, 6.07) is 16.4. The Balaban J connectivity index is 2.17. The van der Waals surface area contributed by atoms with Crippen LogP contribution in [-0.4, -0.2) is 35.6 Å². The summed E-state index contributed by atoms with van der Waals surface area (Å²) in [5, 5.41) is 8.88. The van der Waals surface area contributed by atoms with Gasteiger partial charge in [-0.3, -0.25) is 9.69 Å². The van der Waals surface area contributed by atoms with Crippen molar-refractivity contribution < 1.29 is 19.1 Å². The molecule has 2 N–H and O–H groups in total. The summed E-state index contributed by atoms with van der Waals surface area (Å²) in [5.41, 5.74) is 6.09. The molecular weight excluding hydrogens is 370 g/mol. The number of amides is 2. The zero-order valence-corrected chi connectivity index (χ0v) is 16.7. The van der Waals surface area contributed by atoms with Crippen molar-refractivity contribution in [3.63, 3.8) is 0 Å². The van der Waals surface area contributed by atoms with Gasteiger partial charge in [-0.1, -0.05) is 32.0 Å². The molecule has 0 fully saturated rings. The van der Waals surface area contributed by atoms with E-state index in [1.165, 1.54) is 4.90 Å². The van der Waals surface area contributed by atoms with Crippen LogP contribution in [0.5, 0.6) is 11.5 Å². The summed E-state index contributed by atoms with van der Waals surface area (Å²) in [6.07, 6.45) is -1.13. The maximum atomic E-state index is 12.8. The highest BCUT2D eigenvalue weighted by atomic mass is 16.6.